The fourth-order valence-corrected chi connectivity index (χ4v) is 4.78. The normalized spacial score (nSPS) is 17.3. The number of anilines is 1. The summed E-state index contributed by atoms with van der Waals surface area (Å²) in [5.41, 5.74) is 8.61. The van der Waals surface area contributed by atoms with Crippen LogP contribution in [0.4, 0.5) is 5.69 Å². The van der Waals surface area contributed by atoms with Gasteiger partial charge < -0.3 is 10.7 Å². The molecule has 1 aliphatic heterocycles. The van der Waals surface area contributed by atoms with Gasteiger partial charge in [-0.15, -0.1) is 10.2 Å². The van der Waals surface area contributed by atoms with E-state index in [0.717, 1.165) is 28.2 Å². The highest BCUT2D eigenvalue weighted by molar-refractivity contribution is 8.00. The highest BCUT2D eigenvalue weighted by Gasteiger charge is 2.38. The number of nitrogens with one attached hydrogen (secondary N) is 2. The first-order valence-corrected chi connectivity index (χ1v) is 11.3. The van der Waals surface area contributed by atoms with Crippen LogP contribution in [0.15, 0.2) is 84.0 Å². The van der Waals surface area contributed by atoms with E-state index in [2.05, 4.69) is 52.1 Å². The Morgan fingerprint density at radius 2 is 1.56 bits per heavy atom. The molecule has 5 rings (SSSR count). The number of amides is 1. The predicted octanol–water partition coefficient (Wildman–Crippen LogP) is 4.96. The smallest absolute Gasteiger partial charge is 0.240 e. The highest BCUT2D eigenvalue weighted by Crippen LogP contribution is 2.39. The van der Waals surface area contributed by atoms with Crippen LogP contribution in [-0.2, 0) is 4.79 Å². The molecule has 3 aromatic carbocycles. The summed E-state index contributed by atoms with van der Waals surface area (Å²) in [6.07, 6.45) is 0. The SMILES string of the molecule is Cc1ccc(NC(=O)[C@@H]2Sc3nnc(-c4ccccc4)n3N[C@H]2c2ccc(C)cc2)cc1. The second-order valence-electron chi connectivity index (χ2n) is 7.92. The number of carbonyl (C=O) groups is 1. The van der Waals surface area contributed by atoms with Gasteiger partial charge in [0.05, 0.1) is 6.04 Å². The van der Waals surface area contributed by atoms with Gasteiger partial charge in [-0.3, -0.25) is 4.79 Å². The zero-order valence-corrected chi connectivity index (χ0v) is 18.6. The van der Waals surface area contributed by atoms with E-state index in [9.17, 15) is 4.79 Å². The first-order chi connectivity index (χ1) is 15.6. The lowest BCUT2D eigenvalue weighted by atomic mass is 10.0. The number of benzene rings is 3. The van der Waals surface area contributed by atoms with Crippen LogP contribution in [0.5, 0.6) is 0 Å². The summed E-state index contributed by atoms with van der Waals surface area (Å²) < 4.78 is 1.89. The van der Waals surface area contributed by atoms with Gasteiger partial charge in [-0.05, 0) is 31.5 Å². The van der Waals surface area contributed by atoms with Crippen LogP contribution in [0.1, 0.15) is 22.7 Å². The molecule has 0 bridgehead atoms. The van der Waals surface area contributed by atoms with Crippen LogP contribution in [-0.4, -0.2) is 26.0 Å². The molecule has 2 N–H and O–H groups in total. The van der Waals surface area contributed by atoms with Gasteiger partial charge in [0.2, 0.25) is 11.1 Å². The lowest BCUT2D eigenvalue weighted by Crippen LogP contribution is -2.41. The zero-order chi connectivity index (χ0) is 22.1. The van der Waals surface area contributed by atoms with Crippen molar-refractivity contribution < 1.29 is 4.79 Å². The van der Waals surface area contributed by atoms with Crippen molar-refractivity contribution in [1.29, 1.82) is 0 Å². The number of aromatic nitrogens is 3. The van der Waals surface area contributed by atoms with Crippen LogP contribution in [0, 0.1) is 13.8 Å². The van der Waals surface area contributed by atoms with E-state index in [1.54, 1.807) is 0 Å². The van der Waals surface area contributed by atoms with E-state index in [-0.39, 0.29) is 11.9 Å². The van der Waals surface area contributed by atoms with Gasteiger partial charge in [-0.25, -0.2) is 4.68 Å². The van der Waals surface area contributed by atoms with Gasteiger partial charge in [0.25, 0.3) is 0 Å². The molecule has 1 aromatic heterocycles. The molecule has 0 radical (unpaired) electrons. The van der Waals surface area contributed by atoms with Gasteiger partial charge in [-0.1, -0.05) is 89.6 Å². The van der Waals surface area contributed by atoms with Crippen molar-refractivity contribution in [2.24, 2.45) is 0 Å². The fraction of sp³-hybridized carbons (Fsp3) is 0.160. The summed E-state index contributed by atoms with van der Waals surface area (Å²) in [6.45, 7) is 4.08. The standard InChI is InChI=1S/C25H23N5OS/c1-16-8-12-18(13-9-16)21-22(24(31)26-20-14-10-17(2)11-15-20)32-25-28-27-23(30(25)29-21)19-6-4-3-5-7-19/h3-15,21-22,29H,1-2H3,(H,26,31)/t21-,22+/m0/s1. The quantitative estimate of drug-likeness (QED) is 0.468. The summed E-state index contributed by atoms with van der Waals surface area (Å²) in [5, 5.41) is 12.1. The molecule has 0 spiro atoms. The second kappa shape index (κ2) is 8.51. The Hall–Kier alpha value is -3.58. The summed E-state index contributed by atoms with van der Waals surface area (Å²) >= 11 is 1.42. The number of hydrogen-bond donors (Lipinski definition) is 2. The average Bonchev–Trinajstić information content (AvgIpc) is 3.24. The Bertz CT molecular complexity index is 1240. The molecular formula is C25H23N5OS. The van der Waals surface area contributed by atoms with Crippen molar-refractivity contribution in [2.75, 3.05) is 10.7 Å². The third-order valence-corrected chi connectivity index (χ3v) is 6.70. The molecular weight excluding hydrogens is 418 g/mol. The molecule has 0 aliphatic carbocycles. The zero-order valence-electron chi connectivity index (χ0n) is 17.8. The number of aryl methyl sites for hydroxylation is 2. The van der Waals surface area contributed by atoms with Gasteiger partial charge in [-0.2, -0.15) is 0 Å². The molecule has 160 valence electrons. The molecule has 6 nitrogen and oxygen atoms in total. The predicted molar refractivity (Wildman–Crippen MR) is 128 cm³/mol. The molecule has 0 fully saturated rings. The number of nitrogens with zero attached hydrogens (tertiary/aromatic N) is 3. The summed E-state index contributed by atoms with van der Waals surface area (Å²) in [5.74, 6) is 0.648. The Balaban J connectivity index is 1.50. The molecule has 4 aromatic rings. The third kappa shape index (κ3) is 3.99. The lowest BCUT2D eigenvalue weighted by Gasteiger charge is -2.33. The van der Waals surface area contributed by atoms with E-state index in [1.165, 1.54) is 17.3 Å². The van der Waals surface area contributed by atoms with Crippen LogP contribution < -0.4 is 10.7 Å². The van der Waals surface area contributed by atoms with Crippen molar-refractivity contribution in [3.05, 3.63) is 95.6 Å². The van der Waals surface area contributed by atoms with Gasteiger partial charge in [0.1, 0.15) is 5.25 Å². The van der Waals surface area contributed by atoms with E-state index >= 15 is 0 Å². The van der Waals surface area contributed by atoms with E-state index in [0.29, 0.717) is 5.16 Å². The Morgan fingerprint density at radius 1 is 0.906 bits per heavy atom. The lowest BCUT2D eigenvalue weighted by molar-refractivity contribution is -0.116. The topological polar surface area (TPSA) is 71.8 Å². The maximum atomic E-state index is 13.4. The van der Waals surface area contributed by atoms with Gasteiger partial charge >= 0.3 is 0 Å². The molecule has 7 heteroatoms. The second-order valence-corrected chi connectivity index (χ2v) is 9.03. The molecule has 32 heavy (non-hydrogen) atoms. The molecule has 0 saturated carbocycles. The van der Waals surface area contributed by atoms with Gasteiger partial charge in [0.15, 0.2) is 5.82 Å². The number of fused-ring (bicyclic) bond motifs is 1. The minimum atomic E-state index is -0.417. The Labute approximate surface area is 191 Å². The number of rotatable bonds is 4. The highest BCUT2D eigenvalue weighted by atomic mass is 32.2. The van der Waals surface area contributed by atoms with Crippen molar-refractivity contribution >= 4 is 23.4 Å². The van der Waals surface area contributed by atoms with Crippen molar-refractivity contribution in [3.8, 4) is 11.4 Å². The van der Waals surface area contributed by atoms with Crippen molar-refractivity contribution in [3.63, 3.8) is 0 Å². The molecule has 2 heterocycles. The maximum absolute atomic E-state index is 13.4. The molecule has 2 atom stereocenters. The molecule has 1 aliphatic rings. The van der Waals surface area contributed by atoms with Crippen LogP contribution in [0.3, 0.4) is 0 Å². The van der Waals surface area contributed by atoms with Crippen LogP contribution in [0.2, 0.25) is 0 Å². The van der Waals surface area contributed by atoms with E-state index in [1.807, 2.05) is 66.2 Å². The summed E-state index contributed by atoms with van der Waals surface area (Å²) in [4.78, 5) is 13.4. The monoisotopic (exact) mass is 441 g/mol. The number of carbonyl (C=O) groups excluding carboxylic acids is 1. The molecule has 1 amide bonds. The van der Waals surface area contributed by atoms with E-state index in [4.69, 9.17) is 0 Å². The summed E-state index contributed by atoms with van der Waals surface area (Å²) in [6, 6.07) is 25.8. The van der Waals surface area contributed by atoms with E-state index < -0.39 is 5.25 Å². The largest absolute Gasteiger partial charge is 0.325 e. The third-order valence-electron chi connectivity index (χ3n) is 5.48. The average molecular weight is 442 g/mol. The fourth-order valence-electron chi connectivity index (χ4n) is 3.70. The first kappa shape index (κ1) is 20.3. The minimum Gasteiger partial charge on any atom is -0.325 e. The molecule has 0 unspecified atom stereocenters. The minimum absolute atomic E-state index is 0.0764. The Morgan fingerprint density at radius 3 is 2.25 bits per heavy atom. The van der Waals surface area contributed by atoms with Crippen molar-refractivity contribution in [2.45, 2.75) is 30.3 Å². The first-order valence-electron chi connectivity index (χ1n) is 10.5. The maximum Gasteiger partial charge on any atom is 0.240 e. The van der Waals surface area contributed by atoms with Crippen LogP contribution in [0.25, 0.3) is 11.4 Å². The van der Waals surface area contributed by atoms with Crippen molar-refractivity contribution in [1.82, 2.24) is 14.9 Å². The Kier molecular flexibility index (Phi) is 5.41. The summed E-state index contributed by atoms with van der Waals surface area (Å²) in [7, 11) is 0. The molecule has 0 saturated heterocycles. The number of thioether (sulfide) groups is 1. The number of hydrogen-bond acceptors (Lipinski definition) is 5. The van der Waals surface area contributed by atoms with Crippen LogP contribution >= 0.6 is 11.8 Å². The van der Waals surface area contributed by atoms with Gasteiger partial charge in [0, 0.05) is 11.3 Å².